The van der Waals surface area contributed by atoms with E-state index in [9.17, 15) is 4.79 Å². The van der Waals surface area contributed by atoms with Crippen LogP contribution in [0.1, 0.15) is 17.5 Å². The summed E-state index contributed by atoms with van der Waals surface area (Å²) in [6.45, 7) is 2.94. The molecule has 0 saturated carbocycles. The van der Waals surface area contributed by atoms with E-state index in [4.69, 9.17) is 0 Å². The third kappa shape index (κ3) is 2.01. The molecule has 3 heteroatoms. The van der Waals surface area contributed by atoms with Crippen molar-refractivity contribution >= 4 is 5.91 Å². The van der Waals surface area contributed by atoms with Gasteiger partial charge in [0.15, 0.2) is 0 Å². The van der Waals surface area contributed by atoms with E-state index < -0.39 is 0 Å². The summed E-state index contributed by atoms with van der Waals surface area (Å²) in [6, 6.07) is 2.01. The maximum atomic E-state index is 11.7. The van der Waals surface area contributed by atoms with Gasteiger partial charge in [-0.05, 0) is 37.0 Å². The normalized spacial score (nSPS) is 21.1. The number of hydrogen-bond acceptors (Lipinski definition) is 2. The third-order valence-electron chi connectivity index (χ3n) is 3.14. The van der Waals surface area contributed by atoms with Crippen molar-refractivity contribution in [1.29, 1.82) is 0 Å². The molecule has 0 aromatic carbocycles. The van der Waals surface area contributed by atoms with Gasteiger partial charge in [-0.1, -0.05) is 0 Å². The van der Waals surface area contributed by atoms with E-state index >= 15 is 0 Å². The van der Waals surface area contributed by atoms with Gasteiger partial charge < -0.3 is 4.90 Å². The van der Waals surface area contributed by atoms with Crippen LogP contribution < -0.4 is 0 Å². The number of amides is 1. The van der Waals surface area contributed by atoms with E-state index in [1.54, 1.807) is 6.20 Å². The average Bonchev–Trinajstić information content (AvgIpc) is 2.53. The minimum atomic E-state index is 0.177. The molecule has 1 aliphatic rings. The van der Waals surface area contributed by atoms with Crippen LogP contribution >= 0.6 is 0 Å². The molecule has 2 rings (SSSR count). The monoisotopic (exact) mass is 204 g/mol. The molecule has 3 nitrogen and oxygen atoms in total. The highest BCUT2D eigenvalue weighted by atomic mass is 16.2. The molecule has 15 heavy (non-hydrogen) atoms. The highest BCUT2D eigenvalue weighted by Crippen LogP contribution is 2.22. The number of carbonyl (C=O) groups excluding carboxylic acids is 1. The minimum absolute atomic E-state index is 0.177. The maximum absolute atomic E-state index is 11.7. The number of nitrogens with zero attached hydrogens (tertiary/aromatic N) is 2. The summed E-state index contributed by atoms with van der Waals surface area (Å²) in [7, 11) is 1.88. The van der Waals surface area contributed by atoms with Crippen molar-refractivity contribution in [1.82, 2.24) is 9.88 Å². The first kappa shape index (κ1) is 10.1. The van der Waals surface area contributed by atoms with Crippen LogP contribution in [-0.4, -0.2) is 29.4 Å². The summed E-state index contributed by atoms with van der Waals surface area (Å²) in [5.74, 6) is 0.460. The Labute approximate surface area is 90.1 Å². The fourth-order valence-corrected chi connectivity index (χ4v) is 2.08. The number of likely N-dealkylation sites (tertiary alicyclic amines) is 1. The van der Waals surface area contributed by atoms with Crippen molar-refractivity contribution in [2.24, 2.45) is 5.92 Å². The average molecular weight is 204 g/mol. The summed E-state index contributed by atoms with van der Waals surface area (Å²) in [6.07, 6.45) is 5.50. The lowest BCUT2D eigenvalue weighted by atomic mass is 9.96. The molecule has 1 amide bonds. The molecule has 1 saturated heterocycles. The molecule has 1 aromatic heterocycles. The van der Waals surface area contributed by atoms with Crippen molar-refractivity contribution in [2.45, 2.75) is 19.8 Å². The van der Waals surface area contributed by atoms with Gasteiger partial charge in [-0.3, -0.25) is 9.78 Å². The number of aromatic nitrogens is 1. The second kappa shape index (κ2) is 4.01. The molecule has 1 atom stereocenters. The van der Waals surface area contributed by atoms with E-state index in [1.165, 1.54) is 11.1 Å². The van der Waals surface area contributed by atoms with Crippen LogP contribution in [0.15, 0.2) is 18.5 Å². The summed E-state index contributed by atoms with van der Waals surface area (Å²) < 4.78 is 0. The molecule has 0 N–H and O–H groups in total. The van der Waals surface area contributed by atoms with Gasteiger partial charge in [-0.2, -0.15) is 0 Å². The highest BCUT2D eigenvalue weighted by molar-refractivity contribution is 5.80. The molecule has 0 spiro atoms. The lowest BCUT2D eigenvalue weighted by Crippen LogP contribution is -2.23. The van der Waals surface area contributed by atoms with Gasteiger partial charge in [-0.15, -0.1) is 0 Å². The van der Waals surface area contributed by atoms with Gasteiger partial charge in [0.05, 0.1) is 0 Å². The molecule has 0 radical (unpaired) electrons. The molecular weight excluding hydrogens is 188 g/mol. The lowest BCUT2D eigenvalue weighted by Gasteiger charge is -2.11. The third-order valence-corrected chi connectivity index (χ3v) is 3.14. The predicted octanol–water partition coefficient (Wildman–Crippen LogP) is 1.41. The van der Waals surface area contributed by atoms with Gasteiger partial charge in [0.1, 0.15) is 0 Å². The van der Waals surface area contributed by atoms with Crippen LogP contribution in [-0.2, 0) is 11.2 Å². The van der Waals surface area contributed by atoms with Crippen molar-refractivity contribution in [3.63, 3.8) is 0 Å². The Kier molecular flexibility index (Phi) is 2.71. The molecule has 1 fully saturated rings. The molecule has 0 bridgehead atoms. The van der Waals surface area contributed by atoms with Crippen molar-refractivity contribution in [3.05, 3.63) is 29.6 Å². The first-order chi connectivity index (χ1) is 7.18. The van der Waals surface area contributed by atoms with E-state index in [0.29, 0.717) is 0 Å². The van der Waals surface area contributed by atoms with E-state index in [2.05, 4.69) is 4.98 Å². The van der Waals surface area contributed by atoms with E-state index in [1.807, 2.05) is 31.1 Å². The van der Waals surface area contributed by atoms with Crippen LogP contribution in [0.3, 0.4) is 0 Å². The Morgan fingerprint density at radius 3 is 3.00 bits per heavy atom. The lowest BCUT2D eigenvalue weighted by molar-refractivity contribution is -0.129. The fourth-order valence-electron chi connectivity index (χ4n) is 2.08. The highest BCUT2D eigenvalue weighted by Gasteiger charge is 2.29. The number of aryl methyl sites for hydroxylation is 1. The van der Waals surface area contributed by atoms with Crippen LogP contribution in [0.4, 0.5) is 0 Å². The minimum Gasteiger partial charge on any atom is -0.345 e. The molecule has 2 heterocycles. The first-order valence-electron chi connectivity index (χ1n) is 5.33. The smallest absolute Gasteiger partial charge is 0.225 e. The van der Waals surface area contributed by atoms with E-state index in [0.717, 1.165) is 19.4 Å². The Hall–Kier alpha value is -1.38. The van der Waals surface area contributed by atoms with E-state index in [-0.39, 0.29) is 11.8 Å². The maximum Gasteiger partial charge on any atom is 0.225 e. The Morgan fingerprint density at radius 1 is 1.60 bits per heavy atom. The van der Waals surface area contributed by atoms with Crippen LogP contribution in [0.2, 0.25) is 0 Å². The number of pyridine rings is 1. The zero-order valence-corrected chi connectivity index (χ0v) is 9.23. The molecule has 80 valence electrons. The predicted molar refractivity (Wildman–Crippen MR) is 58.4 cm³/mol. The zero-order chi connectivity index (χ0) is 10.8. The topological polar surface area (TPSA) is 33.2 Å². The van der Waals surface area contributed by atoms with Crippen LogP contribution in [0.5, 0.6) is 0 Å². The van der Waals surface area contributed by atoms with Crippen LogP contribution in [0.25, 0.3) is 0 Å². The van der Waals surface area contributed by atoms with Gasteiger partial charge in [0, 0.05) is 31.9 Å². The SMILES string of the molecule is Cc1cnccc1CC1CCN(C)C1=O. The Bertz CT molecular complexity index is 376. The molecule has 1 aliphatic heterocycles. The van der Waals surface area contributed by atoms with Crippen molar-refractivity contribution < 1.29 is 4.79 Å². The molecule has 1 aromatic rings. The van der Waals surface area contributed by atoms with Gasteiger partial charge >= 0.3 is 0 Å². The van der Waals surface area contributed by atoms with Gasteiger partial charge in [0.2, 0.25) is 5.91 Å². The standard InChI is InChI=1S/C12H16N2O/c1-9-8-13-5-3-10(9)7-11-4-6-14(2)12(11)15/h3,5,8,11H,4,6-7H2,1-2H3. The molecule has 0 aliphatic carbocycles. The summed E-state index contributed by atoms with van der Waals surface area (Å²) in [5.41, 5.74) is 2.43. The van der Waals surface area contributed by atoms with Gasteiger partial charge in [0.25, 0.3) is 0 Å². The molecule has 1 unspecified atom stereocenters. The summed E-state index contributed by atoms with van der Waals surface area (Å²) >= 11 is 0. The molecular formula is C12H16N2O. The summed E-state index contributed by atoms with van der Waals surface area (Å²) in [5, 5.41) is 0. The van der Waals surface area contributed by atoms with Crippen LogP contribution in [0, 0.1) is 12.8 Å². The number of carbonyl (C=O) groups is 1. The number of rotatable bonds is 2. The van der Waals surface area contributed by atoms with Crippen molar-refractivity contribution in [3.8, 4) is 0 Å². The zero-order valence-electron chi connectivity index (χ0n) is 9.23. The quantitative estimate of drug-likeness (QED) is 0.729. The second-order valence-electron chi connectivity index (χ2n) is 4.25. The first-order valence-corrected chi connectivity index (χ1v) is 5.33. The summed E-state index contributed by atoms with van der Waals surface area (Å²) in [4.78, 5) is 17.6. The number of hydrogen-bond donors (Lipinski definition) is 0. The Balaban J connectivity index is 2.10. The second-order valence-corrected chi connectivity index (χ2v) is 4.25. The van der Waals surface area contributed by atoms with Gasteiger partial charge in [-0.25, -0.2) is 0 Å². The fraction of sp³-hybridized carbons (Fsp3) is 0.500. The van der Waals surface area contributed by atoms with Crippen molar-refractivity contribution in [2.75, 3.05) is 13.6 Å². The Morgan fingerprint density at radius 2 is 2.40 bits per heavy atom. The largest absolute Gasteiger partial charge is 0.345 e.